The minimum absolute atomic E-state index is 0.563. The van der Waals surface area contributed by atoms with Crippen molar-refractivity contribution >= 4 is 5.71 Å². The van der Waals surface area contributed by atoms with Crippen LogP contribution in [0, 0.1) is 52.3 Å². The van der Waals surface area contributed by atoms with E-state index in [9.17, 15) is 0 Å². The van der Waals surface area contributed by atoms with Gasteiger partial charge in [0.1, 0.15) is 0 Å². The van der Waals surface area contributed by atoms with Crippen molar-refractivity contribution in [3.8, 4) is 0 Å². The molecule has 1 heteroatoms. The number of hydrogen-bond donors (Lipinski definition) is 0. The van der Waals surface area contributed by atoms with Gasteiger partial charge < -0.3 is 0 Å². The third-order valence-corrected chi connectivity index (χ3v) is 11.2. The summed E-state index contributed by atoms with van der Waals surface area (Å²) in [7, 11) is 0. The average molecular weight is 428 g/mol. The first-order valence-corrected chi connectivity index (χ1v) is 14.2. The Morgan fingerprint density at radius 3 is 2.26 bits per heavy atom. The fourth-order valence-electron chi connectivity index (χ4n) is 9.83. The van der Waals surface area contributed by atoms with Gasteiger partial charge >= 0.3 is 0 Å². The Labute approximate surface area is 194 Å². The van der Waals surface area contributed by atoms with Crippen molar-refractivity contribution in [1.29, 1.82) is 0 Å². The Bertz CT molecular complexity index is 645. The van der Waals surface area contributed by atoms with E-state index in [1.54, 1.807) is 6.42 Å². The molecule has 9 unspecified atom stereocenters. The summed E-state index contributed by atoms with van der Waals surface area (Å²) in [5.41, 5.74) is 2.49. The van der Waals surface area contributed by atoms with Crippen LogP contribution in [-0.4, -0.2) is 11.8 Å². The highest BCUT2D eigenvalue weighted by molar-refractivity contribution is 5.79. The molecule has 4 saturated carbocycles. The fourth-order valence-corrected chi connectivity index (χ4v) is 9.83. The first-order chi connectivity index (χ1) is 14.6. The van der Waals surface area contributed by atoms with E-state index >= 15 is 0 Å². The number of nitrogens with zero attached hydrogens (tertiary/aromatic N) is 1. The minimum atomic E-state index is 0.563. The summed E-state index contributed by atoms with van der Waals surface area (Å²) in [5, 5.41) is 0. The standard InChI is InChI=1S/C30H53N/c1-20(2)9-8-10-22(5)26-15-16-27-25-14-12-23-11-13-24(31-21(3)4)19-30(23,7)28(25)17-18-29(26,27)6/h20,22-28H,8-19H2,1-7H3. The first kappa shape index (κ1) is 23.8. The van der Waals surface area contributed by atoms with E-state index in [0.29, 0.717) is 16.9 Å². The van der Waals surface area contributed by atoms with Gasteiger partial charge in [0.2, 0.25) is 0 Å². The molecule has 0 aromatic carbocycles. The van der Waals surface area contributed by atoms with Crippen molar-refractivity contribution in [1.82, 2.24) is 0 Å². The zero-order valence-corrected chi connectivity index (χ0v) is 22.1. The van der Waals surface area contributed by atoms with Crippen LogP contribution in [0.15, 0.2) is 4.99 Å². The molecule has 0 saturated heterocycles. The van der Waals surface area contributed by atoms with Crippen LogP contribution in [0.3, 0.4) is 0 Å². The van der Waals surface area contributed by atoms with Gasteiger partial charge in [0.15, 0.2) is 0 Å². The number of aliphatic imine (C=N–C) groups is 1. The summed E-state index contributed by atoms with van der Waals surface area (Å²) in [6, 6.07) is 0.607. The van der Waals surface area contributed by atoms with Crippen LogP contribution in [0.25, 0.3) is 0 Å². The Morgan fingerprint density at radius 2 is 1.55 bits per heavy atom. The zero-order chi connectivity index (χ0) is 22.4. The van der Waals surface area contributed by atoms with Gasteiger partial charge in [-0.2, -0.15) is 0 Å². The molecule has 0 amide bonds. The molecule has 178 valence electrons. The second-order valence-corrected chi connectivity index (χ2v) is 13.7. The summed E-state index contributed by atoms with van der Waals surface area (Å²) in [6.07, 6.45) is 17.6. The monoisotopic (exact) mass is 427 g/mol. The maximum Gasteiger partial charge on any atom is 0.0504 e. The molecule has 1 nitrogen and oxygen atoms in total. The Kier molecular flexibility index (Phi) is 7.02. The maximum atomic E-state index is 5.08. The molecular formula is C30H53N. The quantitative estimate of drug-likeness (QED) is 0.375. The lowest BCUT2D eigenvalue weighted by Gasteiger charge is -2.61. The largest absolute Gasteiger partial charge is 0.291 e. The molecule has 0 aromatic rings. The predicted octanol–water partition coefficient (Wildman–Crippen LogP) is 8.96. The molecule has 0 N–H and O–H groups in total. The predicted molar refractivity (Wildman–Crippen MR) is 136 cm³/mol. The van der Waals surface area contributed by atoms with Crippen molar-refractivity contribution in [2.24, 2.45) is 57.2 Å². The molecule has 9 atom stereocenters. The summed E-state index contributed by atoms with van der Waals surface area (Å²) in [4.78, 5) is 5.08. The van der Waals surface area contributed by atoms with E-state index in [0.717, 1.165) is 41.4 Å². The van der Waals surface area contributed by atoms with Crippen LogP contribution < -0.4 is 0 Å². The number of rotatable bonds is 6. The SMILES string of the molecule is CC(C)=NC1CCC2CCC3C(CCC4(C)C(C(C)CCCC(C)C)CCC34)C2(C)C1. The minimum Gasteiger partial charge on any atom is -0.291 e. The van der Waals surface area contributed by atoms with Crippen LogP contribution in [0.4, 0.5) is 0 Å². The summed E-state index contributed by atoms with van der Waals surface area (Å²) in [6.45, 7) is 17.2. The molecule has 4 aliphatic carbocycles. The molecule has 0 radical (unpaired) electrons. The fraction of sp³-hybridized carbons (Fsp3) is 0.967. The van der Waals surface area contributed by atoms with E-state index in [1.165, 1.54) is 76.3 Å². The van der Waals surface area contributed by atoms with Crippen LogP contribution in [0.1, 0.15) is 126 Å². The Hall–Kier alpha value is -0.330. The third-order valence-electron chi connectivity index (χ3n) is 11.2. The van der Waals surface area contributed by atoms with Crippen LogP contribution >= 0.6 is 0 Å². The first-order valence-electron chi connectivity index (χ1n) is 14.2. The highest BCUT2D eigenvalue weighted by Crippen LogP contribution is 2.68. The van der Waals surface area contributed by atoms with Gasteiger partial charge in [0, 0.05) is 5.71 Å². The van der Waals surface area contributed by atoms with Gasteiger partial charge in [0.25, 0.3) is 0 Å². The molecule has 0 aromatic heterocycles. The van der Waals surface area contributed by atoms with Crippen LogP contribution in [0.5, 0.6) is 0 Å². The van der Waals surface area contributed by atoms with Crippen molar-refractivity contribution in [2.45, 2.75) is 132 Å². The van der Waals surface area contributed by atoms with Crippen molar-refractivity contribution in [2.75, 3.05) is 0 Å². The average Bonchev–Trinajstić information content (AvgIpc) is 3.03. The zero-order valence-electron chi connectivity index (χ0n) is 22.1. The second-order valence-electron chi connectivity index (χ2n) is 13.7. The van der Waals surface area contributed by atoms with Gasteiger partial charge in [-0.1, -0.05) is 53.9 Å². The van der Waals surface area contributed by atoms with E-state index in [2.05, 4.69) is 48.5 Å². The summed E-state index contributed by atoms with van der Waals surface area (Å²) in [5.74, 6) is 6.77. The molecule has 0 heterocycles. The molecule has 4 rings (SSSR count). The highest BCUT2D eigenvalue weighted by Gasteiger charge is 2.60. The van der Waals surface area contributed by atoms with Crippen molar-refractivity contribution in [3.63, 3.8) is 0 Å². The maximum absolute atomic E-state index is 5.08. The molecule has 4 fully saturated rings. The van der Waals surface area contributed by atoms with Crippen molar-refractivity contribution < 1.29 is 0 Å². The molecule has 4 aliphatic rings. The van der Waals surface area contributed by atoms with Gasteiger partial charge in [-0.3, -0.25) is 4.99 Å². The normalized spacial score (nSPS) is 45.5. The second kappa shape index (κ2) is 9.13. The van der Waals surface area contributed by atoms with E-state index < -0.39 is 0 Å². The Balaban J connectivity index is 1.48. The Morgan fingerprint density at radius 1 is 0.839 bits per heavy atom. The van der Waals surface area contributed by atoms with Gasteiger partial charge in [-0.05, 0) is 124 Å². The van der Waals surface area contributed by atoms with Gasteiger partial charge in [0.05, 0.1) is 6.04 Å². The molecule has 31 heavy (non-hydrogen) atoms. The lowest BCUT2D eigenvalue weighted by molar-refractivity contribution is -0.116. The van der Waals surface area contributed by atoms with E-state index in [1.807, 2.05) is 0 Å². The third kappa shape index (κ3) is 4.42. The molecular weight excluding hydrogens is 374 g/mol. The topological polar surface area (TPSA) is 12.4 Å². The lowest BCUT2D eigenvalue weighted by Crippen LogP contribution is -2.54. The molecule has 0 aliphatic heterocycles. The summed E-state index contributed by atoms with van der Waals surface area (Å²) < 4.78 is 0. The van der Waals surface area contributed by atoms with Gasteiger partial charge in [-0.25, -0.2) is 0 Å². The number of fused-ring (bicyclic) bond motifs is 5. The molecule has 0 bridgehead atoms. The highest BCUT2D eigenvalue weighted by atomic mass is 14.8. The van der Waals surface area contributed by atoms with Crippen molar-refractivity contribution in [3.05, 3.63) is 0 Å². The number of hydrogen-bond acceptors (Lipinski definition) is 1. The summed E-state index contributed by atoms with van der Waals surface area (Å²) >= 11 is 0. The lowest BCUT2D eigenvalue weighted by atomic mass is 9.44. The van der Waals surface area contributed by atoms with E-state index in [4.69, 9.17) is 4.99 Å². The molecule has 0 spiro atoms. The van der Waals surface area contributed by atoms with Gasteiger partial charge in [-0.15, -0.1) is 0 Å². The smallest absolute Gasteiger partial charge is 0.0504 e. The van der Waals surface area contributed by atoms with Crippen LogP contribution in [0.2, 0.25) is 0 Å². The van der Waals surface area contributed by atoms with E-state index in [-0.39, 0.29) is 0 Å². The van der Waals surface area contributed by atoms with Crippen LogP contribution in [-0.2, 0) is 0 Å².